The monoisotopic (exact) mass is 347 g/mol. The van der Waals surface area contributed by atoms with E-state index in [-0.39, 0.29) is 18.9 Å². The van der Waals surface area contributed by atoms with Crippen molar-refractivity contribution in [2.45, 2.75) is 4.90 Å². The SMILES string of the molecule is COCCOC(=O)C(=NOS(C)(=O)=O)c1ccc(SC)cc1. The predicted molar refractivity (Wildman–Crippen MR) is 83.5 cm³/mol. The fraction of sp³-hybridized carbons (Fsp3) is 0.385. The number of carbonyl (C=O) groups excluding carboxylic acids is 1. The summed E-state index contributed by atoms with van der Waals surface area (Å²) < 4.78 is 36.2. The summed E-state index contributed by atoms with van der Waals surface area (Å²) in [6.07, 6.45) is 2.75. The predicted octanol–water partition coefficient (Wildman–Crippen LogP) is 1.28. The summed E-state index contributed by atoms with van der Waals surface area (Å²) in [6, 6.07) is 6.82. The van der Waals surface area contributed by atoms with Gasteiger partial charge in [0, 0.05) is 17.6 Å². The third-order valence-corrected chi connectivity index (χ3v) is 3.43. The van der Waals surface area contributed by atoms with Crippen molar-refractivity contribution in [3.8, 4) is 0 Å². The Morgan fingerprint density at radius 1 is 1.23 bits per heavy atom. The summed E-state index contributed by atoms with van der Waals surface area (Å²) in [4.78, 5) is 13.0. The molecule has 0 bridgehead atoms. The van der Waals surface area contributed by atoms with Gasteiger partial charge in [0.2, 0.25) is 0 Å². The zero-order valence-corrected chi connectivity index (χ0v) is 14.1. The van der Waals surface area contributed by atoms with Crippen LogP contribution in [0, 0.1) is 0 Å². The minimum absolute atomic E-state index is 0.0239. The molecule has 0 spiro atoms. The van der Waals surface area contributed by atoms with E-state index in [0.717, 1.165) is 11.2 Å². The van der Waals surface area contributed by atoms with Gasteiger partial charge >= 0.3 is 16.1 Å². The highest BCUT2D eigenvalue weighted by atomic mass is 32.2. The van der Waals surface area contributed by atoms with Crippen LogP contribution >= 0.6 is 11.8 Å². The number of methoxy groups -OCH3 is 1. The number of hydrogen-bond donors (Lipinski definition) is 0. The Balaban J connectivity index is 3.01. The lowest BCUT2D eigenvalue weighted by atomic mass is 10.1. The van der Waals surface area contributed by atoms with Gasteiger partial charge in [-0.1, -0.05) is 17.3 Å². The van der Waals surface area contributed by atoms with E-state index < -0.39 is 16.1 Å². The molecule has 0 heterocycles. The van der Waals surface area contributed by atoms with Crippen molar-refractivity contribution in [3.05, 3.63) is 29.8 Å². The third kappa shape index (κ3) is 6.46. The van der Waals surface area contributed by atoms with E-state index in [4.69, 9.17) is 9.47 Å². The Morgan fingerprint density at radius 3 is 2.36 bits per heavy atom. The van der Waals surface area contributed by atoms with Gasteiger partial charge < -0.3 is 9.47 Å². The Labute approximate surface area is 133 Å². The van der Waals surface area contributed by atoms with Crippen LogP contribution in [-0.2, 0) is 28.7 Å². The van der Waals surface area contributed by atoms with E-state index in [0.29, 0.717) is 5.56 Å². The van der Waals surface area contributed by atoms with Crippen LogP contribution in [0.25, 0.3) is 0 Å². The first kappa shape index (κ1) is 18.5. The van der Waals surface area contributed by atoms with E-state index in [2.05, 4.69) is 9.44 Å². The first-order valence-electron chi connectivity index (χ1n) is 6.14. The molecule has 9 heteroatoms. The minimum Gasteiger partial charge on any atom is -0.458 e. The molecule has 0 aliphatic heterocycles. The van der Waals surface area contributed by atoms with Gasteiger partial charge in [-0.2, -0.15) is 8.42 Å². The zero-order valence-electron chi connectivity index (χ0n) is 12.4. The van der Waals surface area contributed by atoms with E-state index in [9.17, 15) is 13.2 Å². The van der Waals surface area contributed by atoms with Gasteiger partial charge in [-0.15, -0.1) is 11.8 Å². The van der Waals surface area contributed by atoms with Crippen LogP contribution in [0.5, 0.6) is 0 Å². The second kappa shape index (κ2) is 8.76. The molecule has 1 aromatic carbocycles. The number of ether oxygens (including phenoxy) is 2. The number of rotatable bonds is 8. The van der Waals surface area contributed by atoms with Crippen LogP contribution in [0.2, 0.25) is 0 Å². The standard InChI is InChI=1S/C13H17NO6S2/c1-18-8-9-19-13(15)12(14-20-22(3,16)17)10-4-6-11(21-2)7-5-10/h4-7H,8-9H2,1-3H3. The molecule has 122 valence electrons. The van der Waals surface area contributed by atoms with Crippen LogP contribution < -0.4 is 0 Å². The molecular weight excluding hydrogens is 330 g/mol. The van der Waals surface area contributed by atoms with Crippen LogP contribution in [-0.4, -0.2) is 52.9 Å². The second-order valence-corrected chi connectivity index (χ2v) is 6.51. The van der Waals surface area contributed by atoms with Gasteiger partial charge in [-0.05, 0) is 18.4 Å². The maximum atomic E-state index is 12.0. The van der Waals surface area contributed by atoms with Gasteiger partial charge in [0.25, 0.3) is 0 Å². The molecule has 0 N–H and O–H groups in total. The van der Waals surface area contributed by atoms with Gasteiger partial charge in [-0.25, -0.2) is 4.79 Å². The number of oxime groups is 1. The first-order valence-corrected chi connectivity index (χ1v) is 9.18. The average molecular weight is 347 g/mol. The highest BCUT2D eigenvalue weighted by Gasteiger charge is 2.18. The molecule has 0 aliphatic carbocycles. The molecule has 0 aromatic heterocycles. The molecule has 0 saturated heterocycles. The number of carbonyl (C=O) groups is 1. The van der Waals surface area contributed by atoms with Crippen molar-refractivity contribution >= 4 is 33.6 Å². The average Bonchev–Trinajstić information content (AvgIpc) is 2.47. The Hall–Kier alpha value is -1.58. The lowest BCUT2D eigenvalue weighted by molar-refractivity contribution is -0.136. The fourth-order valence-corrected chi connectivity index (χ4v) is 1.97. The number of benzene rings is 1. The summed E-state index contributed by atoms with van der Waals surface area (Å²) in [5.41, 5.74) is 0.165. The molecule has 0 fully saturated rings. The Kier molecular flexibility index (Phi) is 7.36. The fourth-order valence-electron chi connectivity index (χ4n) is 1.35. The molecule has 0 aliphatic rings. The zero-order chi connectivity index (χ0) is 16.6. The maximum absolute atomic E-state index is 12.0. The van der Waals surface area contributed by atoms with Crippen LogP contribution in [0.4, 0.5) is 0 Å². The van der Waals surface area contributed by atoms with Gasteiger partial charge in [0.15, 0.2) is 5.71 Å². The van der Waals surface area contributed by atoms with Crippen molar-refractivity contribution in [2.75, 3.05) is 32.8 Å². The normalized spacial score (nSPS) is 12.0. The molecule has 7 nitrogen and oxygen atoms in total. The van der Waals surface area contributed by atoms with Crippen molar-refractivity contribution in [1.29, 1.82) is 0 Å². The number of thioether (sulfide) groups is 1. The van der Waals surface area contributed by atoms with Crippen molar-refractivity contribution in [3.63, 3.8) is 0 Å². The molecule has 0 amide bonds. The molecule has 0 atom stereocenters. The van der Waals surface area contributed by atoms with Gasteiger partial charge in [-0.3, -0.25) is 4.28 Å². The largest absolute Gasteiger partial charge is 0.458 e. The first-order chi connectivity index (χ1) is 10.4. The topological polar surface area (TPSA) is 91.3 Å². The summed E-state index contributed by atoms with van der Waals surface area (Å²) >= 11 is 1.53. The van der Waals surface area contributed by atoms with E-state index in [1.54, 1.807) is 24.3 Å². The smallest absolute Gasteiger partial charge is 0.361 e. The molecule has 1 aromatic rings. The summed E-state index contributed by atoms with van der Waals surface area (Å²) in [6.45, 7) is 0.244. The molecule has 1 rings (SSSR count). The minimum atomic E-state index is -3.82. The molecule has 0 radical (unpaired) electrons. The second-order valence-electron chi connectivity index (χ2n) is 4.08. The molecule has 0 unspecified atom stereocenters. The number of nitrogens with zero attached hydrogens (tertiary/aromatic N) is 1. The van der Waals surface area contributed by atoms with E-state index in [1.165, 1.54) is 18.9 Å². The number of hydrogen-bond acceptors (Lipinski definition) is 8. The lowest BCUT2D eigenvalue weighted by Crippen LogP contribution is -2.21. The Bertz CT molecular complexity index is 624. The third-order valence-electron chi connectivity index (χ3n) is 2.34. The number of esters is 1. The van der Waals surface area contributed by atoms with E-state index in [1.807, 2.05) is 6.26 Å². The van der Waals surface area contributed by atoms with Crippen molar-refractivity contribution in [2.24, 2.45) is 5.16 Å². The molecule has 22 heavy (non-hydrogen) atoms. The molecule has 0 saturated carbocycles. The Morgan fingerprint density at radius 2 is 1.86 bits per heavy atom. The van der Waals surface area contributed by atoms with Crippen molar-refractivity contribution in [1.82, 2.24) is 0 Å². The molecular formula is C13H17NO6S2. The van der Waals surface area contributed by atoms with Crippen molar-refractivity contribution < 1.29 is 27.0 Å². The summed E-state index contributed by atoms with van der Waals surface area (Å²) in [5, 5.41) is 3.41. The summed E-state index contributed by atoms with van der Waals surface area (Å²) in [5.74, 6) is -0.794. The highest BCUT2D eigenvalue weighted by Crippen LogP contribution is 2.16. The summed E-state index contributed by atoms with van der Waals surface area (Å²) in [7, 11) is -2.35. The maximum Gasteiger partial charge on any atom is 0.361 e. The highest BCUT2D eigenvalue weighted by molar-refractivity contribution is 7.98. The van der Waals surface area contributed by atoms with Gasteiger partial charge in [0.05, 0.1) is 12.9 Å². The van der Waals surface area contributed by atoms with Crippen LogP contribution in [0.1, 0.15) is 5.56 Å². The van der Waals surface area contributed by atoms with Crippen LogP contribution in [0.3, 0.4) is 0 Å². The van der Waals surface area contributed by atoms with Gasteiger partial charge in [0.1, 0.15) is 6.61 Å². The lowest BCUT2D eigenvalue weighted by Gasteiger charge is -2.07. The van der Waals surface area contributed by atoms with Crippen LogP contribution in [0.15, 0.2) is 34.3 Å². The quantitative estimate of drug-likeness (QED) is 0.230. The van der Waals surface area contributed by atoms with E-state index >= 15 is 0 Å².